The third-order valence-electron chi connectivity index (χ3n) is 2.11. The maximum absolute atomic E-state index is 9.39. The first-order valence-electron chi connectivity index (χ1n) is 3.39. The molecule has 1 fully saturated rings. The molecule has 0 heterocycles. The lowest BCUT2D eigenvalue weighted by Gasteiger charge is -2.40. The van der Waals surface area contributed by atoms with Crippen molar-refractivity contribution in [3.8, 4) is 0 Å². The van der Waals surface area contributed by atoms with Crippen molar-refractivity contribution in [1.82, 2.24) is 0 Å². The van der Waals surface area contributed by atoms with Crippen LogP contribution in [-0.4, -0.2) is 21.9 Å². The molecule has 0 spiro atoms. The molecule has 1 saturated carbocycles. The molecular formula is C7H13O2. The van der Waals surface area contributed by atoms with E-state index >= 15 is 0 Å². The van der Waals surface area contributed by atoms with Crippen LogP contribution in [0.3, 0.4) is 0 Å². The molecule has 53 valence electrons. The van der Waals surface area contributed by atoms with E-state index in [0.717, 1.165) is 19.3 Å². The van der Waals surface area contributed by atoms with Crippen LogP contribution in [0.15, 0.2) is 0 Å². The number of aliphatic hydroxyl groups excluding tert-OH is 1. The molecule has 2 nitrogen and oxygen atoms in total. The zero-order valence-electron chi connectivity index (χ0n) is 5.51. The molecule has 2 N–H and O–H groups in total. The van der Waals surface area contributed by atoms with E-state index in [1.165, 1.54) is 0 Å². The second-order valence-electron chi connectivity index (χ2n) is 2.76. The van der Waals surface area contributed by atoms with Gasteiger partial charge in [0.05, 0.1) is 11.7 Å². The van der Waals surface area contributed by atoms with Gasteiger partial charge in [-0.25, -0.2) is 0 Å². The Hall–Kier alpha value is -0.0800. The largest absolute Gasteiger partial charge is 0.390 e. The fraction of sp³-hybridized carbons (Fsp3) is 0.857. The van der Waals surface area contributed by atoms with E-state index in [-0.39, 0.29) is 0 Å². The van der Waals surface area contributed by atoms with Crippen LogP contribution in [0, 0.1) is 6.92 Å². The summed E-state index contributed by atoms with van der Waals surface area (Å²) in [5, 5.41) is 18.5. The van der Waals surface area contributed by atoms with E-state index in [1.807, 2.05) is 0 Å². The van der Waals surface area contributed by atoms with E-state index < -0.39 is 11.7 Å². The second-order valence-corrected chi connectivity index (χ2v) is 2.76. The number of hydrogen-bond donors (Lipinski definition) is 2. The van der Waals surface area contributed by atoms with Crippen LogP contribution in [0.4, 0.5) is 0 Å². The van der Waals surface area contributed by atoms with Gasteiger partial charge in [-0.1, -0.05) is 6.92 Å². The molecule has 1 rings (SSSR count). The van der Waals surface area contributed by atoms with Crippen LogP contribution in [0.2, 0.25) is 0 Å². The van der Waals surface area contributed by atoms with E-state index in [9.17, 15) is 5.11 Å². The molecule has 0 aliphatic heterocycles. The first-order chi connectivity index (χ1) is 4.19. The predicted octanol–water partition coefficient (Wildman–Crippen LogP) is 0.486. The van der Waals surface area contributed by atoms with Crippen LogP contribution in [0.5, 0.6) is 0 Å². The molecule has 1 atom stereocenters. The molecule has 1 radical (unpaired) electrons. The summed E-state index contributed by atoms with van der Waals surface area (Å²) in [5.74, 6) is 0. The Balaban J connectivity index is 2.38. The Morgan fingerprint density at radius 1 is 1.56 bits per heavy atom. The molecule has 1 aliphatic rings. The Labute approximate surface area is 55.5 Å². The van der Waals surface area contributed by atoms with Gasteiger partial charge in [-0.15, -0.1) is 0 Å². The number of aliphatic hydroxyl groups is 2. The third-order valence-corrected chi connectivity index (χ3v) is 2.11. The van der Waals surface area contributed by atoms with Crippen molar-refractivity contribution in [1.29, 1.82) is 0 Å². The minimum absolute atomic E-state index is 0.413. The molecule has 0 aromatic heterocycles. The fourth-order valence-electron chi connectivity index (χ4n) is 1.14. The van der Waals surface area contributed by atoms with Crippen molar-refractivity contribution in [2.24, 2.45) is 0 Å². The molecule has 0 saturated heterocycles. The van der Waals surface area contributed by atoms with E-state index in [0.29, 0.717) is 6.42 Å². The number of rotatable bonds is 2. The minimum atomic E-state index is -0.776. The Morgan fingerprint density at radius 2 is 2.11 bits per heavy atom. The zero-order chi connectivity index (χ0) is 6.91. The van der Waals surface area contributed by atoms with Crippen molar-refractivity contribution in [2.75, 3.05) is 0 Å². The van der Waals surface area contributed by atoms with Crippen molar-refractivity contribution < 1.29 is 10.2 Å². The van der Waals surface area contributed by atoms with Gasteiger partial charge in [0.2, 0.25) is 0 Å². The van der Waals surface area contributed by atoms with Gasteiger partial charge in [0, 0.05) is 0 Å². The van der Waals surface area contributed by atoms with Gasteiger partial charge in [0.15, 0.2) is 0 Å². The smallest absolute Gasteiger partial charge is 0.0905 e. The average molecular weight is 129 g/mol. The lowest BCUT2D eigenvalue weighted by Crippen LogP contribution is -2.47. The lowest BCUT2D eigenvalue weighted by atomic mass is 9.75. The fourth-order valence-corrected chi connectivity index (χ4v) is 1.14. The predicted molar refractivity (Wildman–Crippen MR) is 34.8 cm³/mol. The standard InChI is InChI=1S/C7H13O2/c1-2-6(8)7(9)4-3-5-7/h6,8-9H,1-5H2. The molecule has 1 aliphatic carbocycles. The summed E-state index contributed by atoms with van der Waals surface area (Å²) in [7, 11) is 0. The van der Waals surface area contributed by atoms with Crippen molar-refractivity contribution >= 4 is 0 Å². The Bertz CT molecular complexity index is 97.1. The van der Waals surface area contributed by atoms with Gasteiger partial charge in [-0.3, -0.25) is 0 Å². The van der Waals surface area contributed by atoms with E-state index in [1.54, 1.807) is 0 Å². The van der Waals surface area contributed by atoms with Crippen LogP contribution in [0.25, 0.3) is 0 Å². The van der Waals surface area contributed by atoms with Crippen molar-refractivity contribution in [3.63, 3.8) is 0 Å². The first kappa shape index (κ1) is 7.03. The van der Waals surface area contributed by atoms with Gasteiger partial charge < -0.3 is 10.2 Å². The van der Waals surface area contributed by atoms with Crippen molar-refractivity contribution in [3.05, 3.63) is 6.92 Å². The summed E-state index contributed by atoms with van der Waals surface area (Å²) >= 11 is 0. The van der Waals surface area contributed by atoms with Crippen LogP contribution in [-0.2, 0) is 0 Å². The van der Waals surface area contributed by atoms with Gasteiger partial charge in [-0.2, -0.15) is 0 Å². The first-order valence-corrected chi connectivity index (χ1v) is 3.39. The average Bonchev–Trinajstić information content (AvgIpc) is 1.81. The molecule has 0 bridgehead atoms. The lowest BCUT2D eigenvalue weighted by molar-refractivity contribution is -0.123. The SMILES string of the molecule is [CH2]CC(O)C1(O)CCC1. The van der Waals surface area contributed by atoms with Crippen molar-refractivity contribution in [2.45, 2.75) is 37.4 Å². The summed E-state index contributed by atoms with van der Waals surface area (Å²) in [6.45, 7) is 3.52. The highest BCUT2D eigenvalue weighted by Crippen LogP contribution is 2.35. The molecule has 0 aromatic rings. The van der Waals surface area contributed by atoms with Gasteiger partial charge in [-0.05, 0) is 25.7 Å². The molecule has 0 aromatic carbocycles. The highest BCUT2D eigenvalue weighted by molar-refractivity contribution is 4.93. The Morgan fingerprint density at radius 3 is 2.22 bits per heavy atom. The minimum Gasteiger partial charge on any atom is -0.390 e. The molecule has 1 unspecified atom stereocenters. The highest BCUT2D eigenvalue weighted by atomic mass is 16.3. The molecule has 9 heavy (non-hydrogen) atoms. The summed E-state index contributed by atoms with van der Waals surface area (Å²) in [5.41, 5.74) is -0.776. The topological polar surface area (TPSA) is 40.5 Å². The van der Waals surface area contributed by atoms with E-state index in [2.05, 4.69) is 6.92 Å². The molecule has 2 heteroatoms. The summed E-state index contributed by atoms with van der Waals surface area (Å²) in [6.07, 6.45) is 2.32. The Kier molecular flexibility index (Phi) is 1.78. The van der Waals surface area contributed by atoms with Gasteiger partial charge in [0.25, 0.3) is 0 Å². The third kappa shape index (κ3) is 1.10. The van der Waals surface area contributed by atoms with E-state index in [4.69, 9.17) is 5.11 Å². The van der Waals surface area contributed by atoms with Crippen LogP contribution < -0.4 is 0 Å². The number of hydrogen-bond acceptors (Lipinski definition) is 2. The highest BCUT2D eigenvalue weighted by Gasteiger charge is 2.40. The maximum Gasteiger partial charge on any atom is 0.0905 e. The zero-order valence-corrected chi connectivity index (χ0v) is 5.51. The normalized spacial score (nSPS) is 27.0. The summed E-state index contributed by atoms with van der Waals surface area (Å²) in [4.78, 5) is 0. The maximum atomic E-state index is 9.39. The van der Waals surface area contributed by atoms with Gasteiger partial charge >= 0.3 is 0 Å². The molecule has 0 amide bonds. The summed E-state index contributed by atoms with van der Waals surface area (Å²) < 4.78 is 0. The van der Waals surface area contributed by atoms with Gasteiger partial charge in [0.1, 0.15) is 0 Å². The monoisotopic (exact) mass is 129 g/mol. The van der Waals surface area contributed by atoms with Crippen LogP contribution in [0.1, 0.15) is 25.7 Å². The quantitative estimate of drug-likeness (QED) is 0.569. The second kappa shape index (κ2) is 2.27. The summed E-state index contributed by atoms with van der Waals surface area (Å²) in [6, 6.07) is 0. The van der Waals surface area contributed by atoms with Crippen LogP contribution >= 0.6 is 0 Å². The molecular weight excluding hydrogens is 116 g/mol.